The number of amidine groups is 1. The summed E-state index contributed by atoms with van der Waals surface area (Å²) in [4.78, 5) is 0.0364. The second-order valence-corrected chi connectivity index (χ2v) is 5.66. The van der Waals surface area contributed by atoms with Crippen LogP contribution in [-0.2, 0) is 10.0 Å². The fraction of sp³-hybridized carbons (Fsp3) is 0.364. The summed E-state index contributed by atoms with van der Waals surface area (Å²) >= 11 is 0. The van der Waals surface area contributed by atoms with E-state index in [4.69, 9.17) is 11.1 Å². The van der Waals surface area contributed by atoms with Gasteiger partial charge in [-0.25, -0.2) is 12.8 Å². The minimum Gasteiger partial charge on any atom is -0.388 e. The van der Waals surface area contributed by atoms with Crippen molar-refractivity contribution in [3.05, 3.63) is 30.1 Å². The second kappa shape index (κ2) is 5.92. The summed E-state index contributed by atoms with van der Waals surface area (Å²) in [5.74, 6) is -0.552. The zero-order valence-electron chi connectivity index (χ0n) is 10.1. The van der Waals surface area contributed by atoms with Gasteiger partial charge in [0.2, 0.25) is 10.0 Å². The molecule has 100 valence electrons. The van der Waals surface area contributed by atoms with Gasteiger partial charge in [-0.1, -0.05) is 6.92 Å². The fourth-order valence-corrected chi connectivity index (χ4v) is 2.90. The molecule has 7 heteroatoms. The molecule has 1 rings (SSSR count). The van der Waals surface area contributed by atoms with Gasteiger partial charge in [0, 0.05) is 19.5 Å². The molecule has 0 aromatic heterocycles. The summed E-state index contributed by atoms with van der Waals surface area (Å²) in [6.07, 6.45) is 0.175. The van der Waals surface area contributed by atoms with Crippen molar-refractivity contribution in [2.24, 2.45) is 5.73 Å². The average Bonchev–Trinajstić information content (AvgIpc) is 2.29. The lowest BCUT2D eigenvalue weighted by atomic mass is 10.4. The lowest BCUT2D eigenvalue weighted by Crippen LogP contribution is -2.33. The highest BCUT2D eigenvalue weighted by molar-refractivity contribution is 7.89. The van der Waals surface area contributed by atoms with Gasteiger partial charge in [-0.3, -0.25) is 5.41 Å². The highest BCUT2D eigenvalue weighted by Gasteiger charge is 2.22. The van der Waals surface area contributed by atoms with Gasteiger partial charge in [-0.05, 0) is 24.3 Å². The standard InChI is InChI=1S/C11H16FN3O2S/c1-2-15(8-7-11(13)14)18(16,17)10-5-3-9(12)4-6-10/h3-6H,2,7-8H2,1H3,(H3,13,14). The number of nitrogens with one attached hydrogen (secondary N) is 1. The Labute approximate surface area is 106 Å². The topological polar surface area (TPSA) is 87.2 Å². The minimum absolute atomic E-state index is 0.0364. The number of nitrogens with two attached hydrogens (primary N) is 1. The number of benzene rings is 1. The maximum Gasteiger partial charge on any atom is 0.243 e. The highest BCUT2D eigenvalue weighted by atomic mass is 32.2. The number of sulfonamides is 1. The lowest BCUT2D eigenvalue weighted by Gasteiger charge is -2.20. The molecule has 0 saturated heterocycles. The maximum absolute atomic E-state index is 12.8. The van der Waals surface area contributed by atoms with Crippen molar-refractivity contribution >= 4 is 15.9 Å². The molecule has 0 heterocycles. The van der Waals surface area contributed by atoms with Gasteiger partial charge in [0.25, 0.3) is 0 Å². The molecule has 0 fully saturated rings. The first-order valence-electron chi connectivity index (χ1n) is 5.46. The Kier molecular flexibility index (Phi) is 4.80. The molecule has 1 aromatic carbocycles. The van der Waals surface area contributed by atoms with Crippen LogP contribution in [0, 0.1) is 11.2 Å². The van der Waals surface area contributed by atoms with Crippen LogP contribution in [0.4, 0.5) is 4.39 Å². The lowest BCUT2D eigenvalue weighted by molar-refractivity contribution is 0.436. The largest absolute Gasteiger partial charge is 0.388 e. The molecule has 0 radical (unpaired) electrons. The predicted octanol–water partition coefficient (Wildman–Crippen LogP) is 1.16. The summed E-state index contributed by atoms with van der Waals surface area (Å²) in [5.41, 5.74) is 5.21. The van der Waals surface area contributed by atoms with E-state index in [1.54, 1.807) is 6.92 Å². The first kappa shape index (κ1) is 14.6. The van der Waals surface area contributed by atoms with E-state index >= 15 is 0 Å². The van der Waals surface area contributed by atoms with Crippen molar-refractivity contribution in [2.45, 2.75) is 18.2 Å². The van der Waals surface area contributed by atoms with Crippen molar-refractivity contribution in [3.63, 3.8) is 0 Å². The summed E-state index contributed by atoms with van der Waals surface area (Å²) in [6, 6.07) is 4.65. The Morgan fingerprint density at radius 1 is 1.39 bits per heavy atom. The maximum atomic E-state index is 12.8. The predicted molar refractivity (Wildman–Crippen MR) is 67.4 cm³/mol. The van der Waals surface area contributed by atoms with Crippen molar-refractivity contribution in [1.82, 2.24) is 4.31 Å². The van der Waals surface area contributed by atoms with Crippen LogP contribution in [0.2, 0.25) is 0 Å². The van der Waals surface area contributed by atoms with Crippen molar-refractivity contribution in [2.75, 3.05) is 13.1 Å². The third-order valence-corrected chi connectivity index (χ3v) is 4.42. The van der Waals surface area contributed by atoms with E-state index in [-0.39, 0.29) is 30.2 Å². The molecule has 0 spiro atoms. The first-order chi connectivity index (χ1) is 8.37. The van der Waals surface area contributed by atoms with E-state index in [9.17, 15) is 12.8 Å². The van der Waals surface area contributed by atoms with E-state index < -0.39 is 15.8 Å². The smallest absolute Gasteiger partial charge is 0.243 e. The van der Waals surface area contributed by atoms with Crippen molar-refractivity contribution in [1.29, 1.82) is 5.41 Å². The molecule has 5 nitrogen and oxygen atoms in total. The quantitative estimate of drug-likeness (QED) is 0.602. The SMILES string of the molecule is CCN(CCC(=N)N)S(=O)(=O)c1ccc(F)cc1. The van der Waals surface area contributed by atoms with Gasteiger partial charge in [0.15, 0.2) is 0 Å². The van der Waals surface area contributed by atoms with Crippen molar-refractivity contribution < 1.29 is 12.8 Å². The first-order valence-corrected chi connectivity index (χ1v) is 6.90. The van der Waals surface area contributed by atoms with E-state index in [0.29, 0.717) is 0 Å². The fourth-order valence-electron chi connectivity index (χ4n) is 1.45. The Bertz CT molecular complexity index is 514. The number of hydrogen-bond donors (Lipinski definition) is 2. The molecule has 0 aliphatic heterocycles. The zero-order chi connectivity index (χ0) is 13.8. The summed E-state index contributed by atoms with van der Waals surface area (Å²) in [6.45, 7) is 2.11. The number of nitrogens with zero attached hydrogens (tertiary/aromatic N) is 1. The summed E-state index contributed by atoms with van der Waals surface area (Å²) in [5, 5.41) is 7.11. The van der Waals surface area contributed by atoms with E-state index in [0.717, 1.165) is 12.1 Å². The molecular weight excluding hydrogens is 257 g/mol. The Morgan fingerprint density at radius 3 is 2.39 bits per heavy atom. The van der Waals surface area contributed by atoms with Crippen LogP contribution in [0.3, 0.4) is 0 Å². The molecule has 1 aromatic rings. The normalized spacial score (nSPS) is 11.7. The van der Waals surface area contributed by atoms with Crippen molar-refractivity contribution in [3.8, 4) is 0 Å². The van der Waals surface area contributed by atoms with Crippen LogP contribution in [-0.4, -0.2) is 31.6 Å². The van der Waals surface area contributed by atoms with Crippen LogP contribution in [0.15, 0.2) is 29.2 Å². The number of hydrogen-bond acceptors (Lipinski definition) is 3. The number of rotatable bonds is 6. The minimum atomic E-state index is -3.65. The average molecular weight is 273 g/mol. The van der Waals surface area contributed by atoms with Gasteiger partial charge in [-0.2, -0.15) is 4.31 Å². The molecule has 3 N–H and O–H groups in total. The third kappa shape index (κ3) is 3.51. The highest BCUT2D eigenvalue weighted by Crippen LogP contribution is 2.16. The molecule has 0 aliphatic rings. The molecule has 0 amide bonds. The molecule has 0 unspecified atom stereocenters. The Balaban J connectivity index is 2.95. The monoisotopic (exact) mass is 273 g/mol. The van der Waals surface area contributed by atoms with E-state index in [1.165, 1.54) is 16.4 Å². The van der Waals surface area contributed by atoms with Crippen LogP contribution in [0.1, 0.15) is 13.3 Å². The van der Waals surface area contributed by atoms with Crippen LogP contribution in [0.25, 0.3) is 0 Å². The van der Waals surface area contributed by atoms with Crippen LogP contribution >= 0.6 is 0 Å². The summed E-state index contributed by atoms with van der Waals surface area (Å²) in [7, 11) is -3.65. The molecule has 18 heavy (non-hydrogen) atoms. The van der Waals surface area contributed by atoms with E-state index in [1.807, 2.05) is 0 Å². The third-order valence-electron chi connectivity index (χ3n) is 2.43. The van der Waals surface area contributed by atoms with Gasteiger partial charge in [0.05, 0.1) is 10.7 Å². The molecule has 0 bridgehead atoms. The Hall–Kier alpha value is -1.47. The zero-order valence-corrected chi connectivity index (χ0v) is 10.9. The number of halogens is 1. The van der Waals surface area contributed by atoms with Gasteiger partial charge >= 0.3 is 0 Å². The Morgan fingerprint density at radius 2 is 1.94 bits per heavy atom. The second-order valence-electron chi connectivity index (χ2n) is 3.73. The van der Waals surface area contributed by atoms with Gasteiger partial charge in [-0.15, -0.1) is 0 Å². The summed E-state index contributed by atoms with van der Waals surface area (Å²) < 4.78 is 38.3. The van der Waals surface area contributed by atoms with Gasteiger partial charge < -0.3 is 5.73 Å². The molecule has 0 aliphatic carbocycles. The molecule has 0 atom stereocenters. The molecular formula is C11H16FN3O2S. The van der Waals surface area contributed by atoms with Crippen LogP contribution in [0.5, 0.6) is 0 Å². The van der Waals surface area contributed by atoms with Crippen LogP contribution < -0.4 is 5.73 Å². The van der Waals surface area contributed by atoms with E-state index in [2.05, 4.69) is 0 Å². The molecule has 0 saturated carbocycles. The van der Waals surface area contributed by atoms with Gasteiger partial charge in [0.1, 0.15) is 5.82 Å².